The van der Waals surface area contributed by atoms with Crippen LogP contribution in [0.25, 0.3) is 0 Å². The number of aryl methyl sites for hydroxylation is 2. The fourth-order valence-electron chi connectivity index (χ4n) is 2.95. The second-order valence-corrected chi connectivity index (χ2v) is 7.92. The van der Waals surface area contributed by atoms with Gasteiger partial charge in [-0.25, -0.2) is 13.1 Å². The highest BCUT2D eigenvalue weighted by Gasteiger charge is 2.19. The van der Waals surface area contributed by atoms with Crippen LogP contribution >= 0.6 is 0 Å². The van der Waals surface area contributed by atoms with Crippen molar-refractivity contribution in [2.75, 3.05) is 46.0 Å². The molecule has 1 heterocycles. The van der Waals surface area contributed by atoms with Crippen molar-refractivity contribution in [2.45, 2.75) is 32.1 Å². The predicted octanol–water partition coefficient (Wildman–Crippen LogP) is 0.286. The molecule has 2 rings (SSSR count). The number of hydrogen-bond acceptors (Lipinski definition) is 4. The Balaban J connectivity index is 1.95. The van der Waals surface area contributed by atoms with E-state index in [2.05, 4.69) is 4.72 Å². The maximum absolute atomic E-state index is 12.6. The number of morpholine rings is 1. The Morgan fingerprint density at radius 2 is 1.92 bits per heavy atom. The number of benzene rings is 1. The second kappa shape index (κ2) is 8.80. The van der Waals surface area contributed by atoms with Crippen LogP contribution in [0.4, 0.5) is 0 Å². The summed E-state index contributed by atoms with van der Waals surface area (Å²) in [4.78, 5) is 1.78. The number of hydrogen-bond donors (Lipinski definition) is 2. The minimum atomic E-state index is -3.52. The molecule has 7 heteroatoms. The van der Waals surface area contributed by atoms with Crippen molar-refractivity contribution in [3.8, 4) is 5.75 Å². The van der Waals surface area contributed by atoms with Gasteiger partial charge in [0.05, 0.1) is 31.3 Å². The fourth-order valence-corrected chi connectivity index (χ4v) is 4.26. The number of nitrogens with one attached hydrogen (secondary N) is 2. The molecule has 24 heavy (non-hydrogen) atoms. The molecule has 0 aromatic heterocycles. The molecule has 1 aromatic carbocycles. The SMILES string of the molecule is CCOc1cc(S(=O)(=O)NCCC[NH+]2CCOCC2)c(C)cc1C. The van der Waals surface area contributed by atoms with Gasteiger partial charge < -0.3 is 14.4 Å². The third-order valence-electron chi connectivity index (χ3n) is 4.26. The number of rotatable bonds is 8. The van der Waals surface area contributed by atoms with Crippen LogP contribution in [0, 0.1) is 13.8 Å². The van der Waals surface area contributed by atoms with Crippen molar-refractivity contribution in [3.05, 3.63) is 23.3 Å². The molecule has 1 aromatic rings. The first-order valence-electron chi connectivity index (χ1n) is 8.59. The van der Waals surface area contributed by atoms with E-state index in [9.17, 15) is 8.42 Å². The Bertz CT molecular complexity index is 640. The molecular weight excluding hydrogens is 328 g/mol. The average Bonchev–Trinajstić information content (AvgIpc) is 2.55. The maximum atomic E-state index is 12.6. The van der Waals surface area contributed by atoms with Gasteiger partial charge in [0.25, 0.3) is 0 Å². The number of quaternary nitrogens is 1. The van der Waals surface area contributed by atoms with Gasteiger partial charge in [0, 0.05) is 19.0 Å². The van der Waals surface area contributed by atoms with Crippen LogP contribution in [0.2, 0.25) is 0 Å². The summed E-state index contributed by atoms with van der Waals surface area (Å²) in [5.41, 5.74) is 1.69. The lowest BCUT2D eigenvalue weighted by molar-refractivity contribution is -0.908. The van der Waals surface area contributed by atoms with Crippen LogP contribution < -0.4 is 14.4 Å². The van der Waals surface area contributed by atoms with Gasteiger partial charge in [0.15, 0.2) is 0 Å². The van der Waals surface area contributed by atoms with E-state index in [0.29, 0.717) is 23.8 Å². The first-order chi connectivity index (χ1) is 11.4. The second-order valence-electron chi connectivity index (χ2n) is 6.18. The molecule has 6 nitrogen and oxygen atoms in total. The van der Waals surface area contributed by atoms with Gasteiger partial charge in [-0.15, -0.1) is 0 Å². The molecule has 0 saturated carbocycles. The minimum Gasteiger partial charge on any atom is -0.494 e. The van der Waals surface area contributed by atoms with Gasteiger partial charge in [-0.05, 0) is 31.9 Å². The van der Waals surface area contributed by atoms with Crippen molar-refractivity contribution in [1.82, 2.24) is 4.72 Å². The van der Waals surface area contributed by atoms with Crippen LogP contribution in [0.15, 0.2) is 17.0 Å². The predicted molar refractivity (Wildman–Crippen MR) is 93.3 cm³/mol. The van der Waals surface area contributed by atoms with Gasteiger partial charge >= 0.3 is 0 Å². The van der Waals surface area contributed by atoms with Crippen molar-refractivity contribution in [2.24, 2.45) is 0 Å². The zero-order valence-electron chi connectivity index (χ0n) is 14.9. The zero-order chi connectivity index (χ0) is 17.6. The molecular formula is C17H29N2O4S+. The van der Waals surface area contributed by atoms with E-state index in [1.807, 2.05) is 26.8 Å². The smallest absolute Gasteiger partial charge is 0.240 e. The van der Waals surface area contributed by atoms with Crippen LogP contribution in [-0.2, 0) is 14.8 Å². The summed E-state index contributed by atoms with van der Waals surface area (Å²) in [6.07, 6.45) is 0.817. The standard InChI is InChI=1S/C17H28N2O4S/c1-4-23-16-13-17(15(3)12-14(16)2)24(20,21)18-6-5-7-19-8-10-22-11-9-19/h12-13,18H,4-11H2,1-3H3/p+1. The van der Waals surface area contributed by atoms with Gasteiger partial charge in [-0.1, -0.05) is 6.07 Å². The quantitative estimate of drug-likeness (QED) is 0.656. The Hall–Kier alpha value is -1.15. The normalized spacial score (nSPS) is 16.3. The van der Waals surface area contributed by atoms with E-state index in [1.165, 1.54) is 4.90 Å². The highest BCUT2D eigenvalue weighted by molar-refractivity contribution is 7.89. The summed E-state index contributed by atoms with van der Waals surface area (Å²) in [5, 5.41) is 0. The highest BCUT2D eigenvalue weighted by atomic mass is 32.2. The minimum absolute atomic E-state index is 0.301. The summed E-state index contributed by atoms with van der Waals surface area (Å²) < 4.78 is 38.7. The lowest BCUT2D eigenvalue weighted by Gasteiger charge is -2.23. The van der Waals surface area contributed by atoms with Crippen molar-refractivity contribution >= 4 is 10.0 Å². The molecule has 136 valence electrons. The van der Waals surface area contributed by atoms with Gasteiger partial charge in [0.1, 0.15) is 18.8 Å². The van der Waals surface area contributed by atoms with Crippen LogP contribution in [0.1, 0.15) is 24.5 Å². The number of sulfonamides is 1. The van der Waals surface area contributed by atoms with E-state index in [-0.39, 0.29) is 0 Å². The van der Waals surface area contributed by atoms with E-state index in [4.69, 9.17) is 9.47 Å². The molecule has 0 spiro atoms. The van der Waals surface area contributed by atoms with Crippen LogP contribution in [-0.4, -0.2) is 54.4 Å². The van der Waals surface area contributed by atoms with Crippen LogP contribution in [0.5, 0.6) is 5.75 Å². The lowest BCUT2D eigenvalue weighted by atomic mass is 10.1. The largest absolute Gasteiger partial charge is 0.494 e. The van der Waals surface area contributed by atoms with E-state index in [0.717, 1.165) is 50.4 Å². The number of ether oxygens (including phenoxy) is 2. The summed E-state index contributed by atoms with van der Waals surface area (Å²) in [5.74, 6) is 0.626. The zero-order valence-corrected chi connectivity index (χ0v) is 15.7. The Morgan fingerprint density at radius 3 is 2.58 bits per heavy atom. The fraction of sp³-hybridized carbons (Fsp3) is 0.647. The molecule has 1 aliphatic rings. The molecule has 1 saturated heterocycles. The molecule has 2 N–H and O–H groups in total. The Kier molecular flexibility index (Phi) is 7.03. The summed E-state index contributed by atoms with van der Waals surface area (Å²) in [6.45, 7) is 11.1. The first kappa shape index (κ1) is 19.2. The molecule has 0 radical (unpaired) electrons. The molecule has 0 unspecified atom stereocenters. The molecule has 0 bridgehead atoms. The Labute approximate surface area is 145 Å². The Morgan fingerprint density at radius 1 is 1.21 bits per heavy atom. The summed E-state index contributed by atoms with van der Waals surface area (Å²) in [7, 11) is -3.52. The monoisotopic (exact) mass is 357 g/mol. The van der Waals surface area contributed by atoms with Gasteiger partial charge in [-0.2, -0.15) is 0 Å². The molecule has 0 aliphatic carbocycles. The molecule has 0 atom stereocenters. The average molecular weight is 357 g/mol. The van der Waals surface area contributed by atoms with Crippen molar-refractivity contribution in [1.29, 1.82) is 0 Å². The molecule has 1 aliphatic heterocycles. The maximum Gasteiger partial charge on any atom is 0.240 e. The summed E-state index contributed by atoms with van der Waals surface area (Å²) in [6, 6.07) is 3.49. The van der Waals surface area contributed by atoms with E-state index < -0.39 is 10.0 Å². The molecule has 1 fully saturated rings. The topological polar surface area (TPSA) is 69.1 Å². The van der Waals surface area contributed by atoms with Gasteiger partial charge in [-0.3, -0.25) is 0 Å². The van der Waals surface area contributed by atoms with E-state index >= 15 is 0 Å². The van der Waals surface area contributed by atoms with E-state index in [1.54, 1.807) is 6.07 Å². The lowest BCUT2D eigenvalue weighted by Crippen LogP contribution is -3.14. The first-order valence-corrected chi connectivity index (χ1v) is 10.1. The summed E-state index contributed by atoms with van der Waals surface area (Å²) >= 11 is 0. The van der Waals surface area contributed by atoms with Crippen molar-refractivity contribution < 1.29 is 22.8 Å². The van der Waals surface area contributed by atoms with Crippen LogP contribution in [0.3, 0.4) is 0 Å². The molecule has 0 amide bonds. The highest BCUT2D eigenvalue weighted by Crippen LogP contribution is 2.26. The van der Waals surface area contributed by atoms with Gasteiger partial charge in [0.2, 0.25) is 10.0 Å². The van der Waals surface area contributed by atoms with Crippen molar-refractivity contribution in [3.63, 3.8) is 0 Å². The third-order valence-corrected chi connectivity index (χ3v) is 5.86. The third kappa shape index (κ3) is 5.17.